The number of H-pyrrole nitrogens is 1. The molecule has 126 valence electrons. The summed E-state index contributed by atoms with van der Waals surface area (Å²) in [4.78, 5) is 33.3. The molecule has 25 heavy (non-hydrogen) atoms. The first-order valence-corrected chi connectivity index (χ1v) is 9.24. The van der Waals surface area contributed by atoms with E-state index in [2.05, 4.69) is 31.2 Å². The van der Waals surface area contributed by atoms with Gasteiger partial charge in [0.25, 0.3) is 5.56 Å². The van der Waals surface area contributed by atoms with E-state index in [4.69, 9.17) is 0 Å². The van der Waals surface area contributed by atoms with Gasteiger partial charge in [-0.2, -0.15) is 0 Å². The zero-order chi connectivity index (χ0) is 17.4. The second-order valence-corrected chi connectivity index (χ2v) is 7.52. The van der Waals surface area contributed by atoms with Crippen LogP contribution in [0.3, 0.4) is 0 Å². The number of fused-ring (bicyclic) bond motifs is 3. The molecule has 0 bridgehead atoms. The fourth-order valence-electron chi connectivity index (χ4n) is 2.68. The van der Waals surface area contributed by atoms with E-state index in [1.165, 1.54) is 10.9 Å². The van der Waals surface area contributed by atoms with Crippen LogP contribution < -0.4 is 10.9 Å². The number of nitrogens with one attached hydrogen (secondary N) is 2. The number of carbonyl (C=O) groups is 1. The summed E-state index contributed by atoms with van der Waals surface area (Å²) >= 11 is 5.00. The number of benzene rings is 1. The van der Waals surface area contributed by atoms with Crippen LogP contribution in [-0.4, -0.2) is 20.4 Å². The van der Waals surface area contributed by atoms with Crippen LogP contribution in [0.2, 0.25) is 0 Å². The Balaban J connectivity index is 1.62. The number of aromatic amines is 1. The smallest absolute Gasteiger partial charge is 0.278 e. The van der Waals surface area contributed by atoms with Crippen LogP contribution in [0.4, 0.5) is 0 Å². The number of thiophene rings is 1. The van der Waals surface area contributed by atoms with E-state index >= 15 is 0 Å². The fourth-order valence-corrected chi connectivity index (χ4v) is 3.69. The average molecular weight is 417 g/mol. The van der Waals surface area contributed by atoms with Gasteiger partial charge in [-0.25, -0.2) is 4.98 Å². The van der Waals surface area contributed by atoms with Crippen molar-refractivity contribution in [3.63, 3.8) is 0 Å². The second kappa shape index (κ2) is 6.45. The van der Waals surface area contributed by atoms with Crippen molar-refractivity contribution in [2.75, 3.05) is 0 Å². The summed E-state index contributed by atoms with van der Waals surface area (Å²) in [5, 5.41) is 5.64. The molecule has 4 aromatic rings. The minimum absolute atomic E-state index is 0.0633. The molecule has 0 aliphatic heterocycles. The Morgan fingerprint density at radius 2 is 2.24 bits per heavy atom. The molecule has 3 heterocycles. The third-order valence-electron chi connectivity index (χ3n) is 3.89. The monoisotopic (exact) mass is 416 g/mol. The molecule has 0 aliphatic carbocycles. The topological polar surface area (TPSA) is 79.8 Å². The first-order valence-electron chi connectivity index (χ1n) is 7.57. The van der Waals surface area contributed by atoms with Crippen molar-refractivity contribution < 1.29 is 4.79 Å². The highest BCUT2D eigenvalue weighted by Gasteiger charge is 2.13. The summed E-state index contributed by atoms with van der Waals surface area (Å²) in [6.45, 7) is 0.396. The highest BCUT2D eigenvalue weighted by Crippen LogP contribution is 2.24. The zero-order valence-electron chi connectivity index (χ0n) is 13.0. The van der Waals surface area contributed by atoms with Crippen LogP contribution >= 0.6 is 27.3 Å². The normalized spacial score (nSPS) is 11.2. The average Bonchev–Trinajstić information content (AvgIpc) is 3.23. The largest absolute Gasteiger partial charge is 0.350 e. The Labute approximate surface area is 154 Å². The molecule has 0 fully saturated rings. The Morgan fingerprint density at radius 3 is 3.04 bits per heavy atom. The lowest BCUT2D eigenvalue weighted by molar-refractivity contribution is -0.121. The van der Waals surface area contributed by atoms with Gasteiger partial charge in [0.1, 0.15) is 17.6 Å². The van der Waals surface area contributed by atoms with Gasteiger partial charge in [-0.05, 0) is 29.6 Å². The molecule has 1 amide bonds. The molecule has 1 aromatic carbocycles. The number of carbonyl (C=O) groups excluding carboxylic acids is 1. The molecule has 8 heteroatoms. The predicted octanol–water partition coefficient (Wildman–Crippen LogP) is 3.02. The van der Waals surface area contributed by atoms with Crippen LogP contribution in [0.15, 0.2) is 51.3 Å². The highest BCUT2D eigenvalue weighted by atomic mass is 79.9. The number of amides is 1. The molecule has 0 unspecified atom stereocenters. The van der Waals surface area contributed by atoms with E-state index in [-0.39, 0.29) is 18.0 Å². The van der Waals surface area contributed by atoms with Crippen molar-refractivity contribution in [1.82, 2.24) is 19.9 Å². The van der Waals surface area contributed by atoms with Gasteiger partial charge in [0.05, 0.1) is 12.9 Å². The van der Waals surface area contributed by atoms with Gasteiger partial charge in [0.15, 0.2) is 0 Å². The molecule has 4 rings (SSSR count). The van der Waals surface area contributed by atoms with Crippen LogP contribution in [0.1, 0.15) is 4.88 Å². The molecule has 0 aliphatic rings. The molecule has 0 spiro atoms. The van der Waals surface area contributed by atoms with Crippen LogP contribution in [-0.2, 0) is 17.9 Å². The van der Waals surface area contributed by atoms with Crippen molar-refractivity contribution >= 4 is 55.1 Å². The van der Waals surface area contributed by atoms with E-state index in [1.54, 1.807) is 11.3 Å². The van der Waals surface area contributed by atoms with Gasteiger partial charge in [0.2, 0.25) is 5.91 Å². The number of aromatic nitrogens is 3. The second-order valence-electron chi connectivity index (χ2n) is 5.57. The van der Waals surface area contributed by atoms with Crippen molar-refractivity contribution in [3.05, 3.63) is 61.7 Å². The molecule has 0 saturated heterocycles. The summed E-state index contributed by atoms with van der Waals surface area (Å²) in [5.74, 6) is -0.226. The summed E-state index contributed by atoms with van der Waals surface area (Å²) in [7, 11) is 0. The Bertz CT molecular complexity index is 1130. The fraction of sp³-hybridized carbons (Fsp3) is 0.118. The maximum atomic E-state index is 12.7. The molecule has 3 aromatic heterocycles. The molecular formula is C17H13BrN4O2S. The molecule has 2 N–H and O–H groups in total. The van der Waals surface area contributed by atoms with Gasteiger partial charge in [0, 0.05) is 20.3 Å². The van der Waals surface area contributed by atoms with Gasteiger partial charge in [-0.3, -0.25) is 14.2 Å². The van der Waals surface area contributed by atoms with Gasteiger partial charge < -0.3 is 10.3 Å². The number of hydrogen-bond acceptors (Lipinski definition) is 4. The summed E-state index contributed by atoms with van der Waals surface area (Å²) in [5.41, 5.74) is 1.59. The number of rotatable bonds is 4. The number of halogens is 1. The van der Waals surface area contributed by atoms with Crippen LogP contribution in [0.5, 0.6) is 0 Å². The van der Waals surface area contributed by atoms with Gasteiger partial charge >= 0.3 is 0 Å². The lowest BCUT2D eigenvalue weighted by atomic mass is 10.2. The number of hydrogen-bond donors (Lipinski definition) is 2. The van der Waals surface area contributed by atoms with E-state index < -0.39 is 0 Å². The summed E-state index contributed by atoms with van der Waals surface area (Å²) in [6, 6.07) is 9.58. The molecule has 0 saturated carbocycles. The van der Waals surface area contributed by atoms with Crippen LogP contribution in [0.25, 0.3) is 21.9 Å². The van der Waals surface area contributed by atoms with E-state index in [0.29, 0.717) is 17.6 Å². The Kier molecular flexibility index (Phi) is 4.14. The molecule has 0 atom stereocenters. The predicted molar refractivity (Wildman–Crippen MR) is 102 cm³/mol. The maximum Gasteiger partial charge on any atom is 0.278 e. The minimum atomic E-state index is -0.261. The summed E-state index contributed by atoms with van der Waals surface area (Å²) < 4.78 is 2.23. The molecule has 0 radical (unpaired) electrons. The van der Waals surface area contributed by atoms with Crippen molar-refractivity contribution in [2.24, 2.45) is 0 Å². The Morgan fingerprint density at radius 1 is 1.36 bits per heavy atom. The third kappa shape index (κ3) is 3.10. The standard InChI is InChI=1S/C17H13BrN4O2S/c18-10-3-4-13-12(6-10)15-16(21-13)17(24)22(9-20-15)8-14(23)19-7-11-2-1-5-25-11/h1-6,9,21H,7-8H2,(H,19,23). The quantitative estimate of drug-likeness (QED) is 0.536. The first-order chi connectivity index (χ1) is 12.1. The van der Waals surface area contributed by atoms with Crippen LogP contribution in [0, 0.1) is 0 Å². The number of nitrogens with zero attached hydrogens (tertiary/aromatic N) is 2. The Hall–Kier alpha value is -2.45. The lowest BCUT2D eigenvalue weighted by Crippen LogP contribution is -2.32. The third-order valence-corrected chi connectivity index (χ3v) is 5.26. The maximum absolute atomic E-state index is 12.7. The minimum Gasteiger partial charge on any atom is -0.350 e. The van der Waals surface area contributed by atoms with E-state index in [1.807, 2.05) is 35.7 Å². The first kappa shape index (κ1) is 16.0. The highest BCUT2D eigenvalue weighted by molar-refractivity contribution is 9.10. The van der Waals surface area contributed by atoms with Crippen molar-refractivity contribution in [3.8, 4) is 0 Å². The summed E-state index contributed by atoms with van der Waals surface area (Å²) in [6.07, 6.45) is 1.42. The van der Waals surface area contributed by atoms with Gasteiger partial charge in [-0.15, -0.1) is 11.3 Å². The molecular weight excluding hydrogens is 404 g/mol. The van der Waals surface area contributed by atoms with E-state index in [9.17, 15) is 9.59 Å². The SMILES string of the molecule is O=C(Cn1cnc2c([nH]c3ccc(Br)cc32)c1=O)NCc1cccs1. The van der Waals surface area contributed by atoms with Gasteiger partial charge in [-0.1, -0.05) is 22.0 Å². The zero-order valence-corrected chi connectivity index (χ0v) is 15.4. The lowest BCUT2D eigenvalue weighted by Gasteiger charge is -2.06. The van der Waals surface area contributed by atoms with Crippen molar-refractivity contribution in [1.29, 1.82) is 0 Å². The van der Waals surface area contributed by atoms with Crippen molar-refractivity contribution in [2.45, 2.75) is 13.1 Å². The van der Waals surface area contributed by atoms with E-state index in [0.717, 1.165) is 20.3 Å². The molecule has 6 nitrogen and oxygen atoms in total.